The van der Waals surface area contributed by atoms with Gasteiger partial charge in [-0.3, -0.25) is 4.79 Å². The minimum absolute atomic E-state index is 0.0981. The minimum Gasteiger partial charge on any atom is -0.494 e. The fourth-order valence-electron chi connectivity index (χ4n) is 2.51. The molecule has 0 saturated carbocycles. The van der Waals surface area contributed by atoms with Crippen LogP contribution in [0.2, 0.25) is 0 Å². The molecule has 1 amide bonds. The van der Waals surface area contributed by atoms with Crippen LogP contribution in [0, 0.1) is 0 Å². The lowest BCUT2D eigenvalue weighted by molar-refractivity contribution is -0.112. The van der Waals surface area contributed by atoms with Crippen molar-refractivity contribution in [3.8, 4) is 5.88 Å². The van der Waals surface area contributed by atoms with Gasteiger partial charge in [0.15, 0.2) is 5.88 Å². The molecule has 100 valence electrons. The first-order valence-corrected chi connectivity index (χ1v) is 8.08. The average Bonchev–Trinajstić information content (AvgIpc) is 3.13. The Morgan fingerprint density at radius 1 is 1.40 bits per heavy atom. The first-order valence-electron chi connectivity index (χ1n) is 6.21. The number of thioether (sulfide) groups is 1. The number of carbonyl (C=O) groups excluding carboxylic acids is 1. The molecule has 6 heteroatoms. The number of fused-ring (bicyclic) bond motifs is 1. The molecule has 4 heterocycles. The highest BCUT2D eigenvalue weighted by molar-refractivity contribution is 8.08. The molecule has 0 spiro atoms. The van der Waals surface area contributed by atoms with Crippen LogP contribution < -0.4 is 10.7 Å². The Kier molecular flexibility index (Phi) is 2.61. The molecule has 4 nitrogen and oxygen atoms in total. The van der Waals surface area contributed by atoms with E-state index in [0.29, 0.717) is 21.8 Å². The summed E-state index contributed by atoms with van der Waals surface area (Å²) in [4.78, 5) is 21.1. The molecule has 0 fully saturated rings. The molecule has 20 heavy (non-hydrogen) atoms. The predicted molar refractivity (Wildman–Crippen MR) is 80.1 cm³/mol. The second kappa shape index (κ2) is 4.36. The van der Waals surface area contributed by atoms with Crippen molar-refractivity contribution in [1.29, 1.82) is 0 Å². The summed E-state index contributed by atoms with van der Waals surface area (Å²) in [5.74, 6) is 0.865. The van der Waals surface area contributed by atoms with E-state index in [0.717, 1.165) is 22.0 Å². The lowest BCUT2D eigenvalue weighted by Gasteiger charge is -1.98. The second-order valence-corrected chi connectivity index (χ2v) is 6.63. The van der Waals surface area contributed by atoms with E-state index in [9.17, 15) is 9.90 Å². The van der Waals surface area contributed by atoms with Gasteiger partial charge in [0.1, 0.15) is 5.36 Å². The van der Waals surface area contributed by atoms with E-state index in [1.165, 1.54) is 11.3 Å². The molecule has 4 rings (SSSR count). The van der Waals surface area contributed by atoms with Crippen molar-refractivity contribution in [1.82, 2.24) is 4.98 Å². The van der Waals surface area contributed by atoms with Gasteiger partial charge < -0.3 is 10.1 Å². The number of H-pyrrole nitrogens is 1. The summed E-state index contributed by atoms with van der Waals surface area (Å²) in [5.41, 5.74) is 1.22. The molecular weight excluding hydrogens is 292 g/mol. The van der Waals surface area contributed by atoms with Crippen LogP contribution in [-0.2, 0) is 4.79 Å². The average molecular weight is 302 g/mol. The van der Waals surface area contributed by atoms with Crippen molar-refractivity contribution in [3.05, 3.63) is 44.7 Å². The van der Waals surface area contributed by atoms with Gasteiger partial charge in [-0.05, 0) is 17.9 Å². The van der Waals surface area contributed by atoms with Crippen molar-refractivity contribution in [2.75, 3.05) is 5.75 Å². The summed E-state index contributed by atoms with van der Waals surface area (Å²) >= 11 is 3.18. The fourth-order valence-corrected chi connectivity index (χ4v) is 4.31. The molecule has 2 aromatic rings. The molecule has 2 N–H and O–H groups in total. The lowest BCUT2D eigenvalue weighted by atomic mass is 10.2. The Morgan fingerprint density at radius 2 is 2.30 bits per heavy atom. The van der Waals surface area contributed by atoms with E-state index >= 15 is 0 Å². The van der Waals surface area contributed by atoms with Crippen LogP contribution >= 0.6 is 23.1 Å². The van der Waals surface area contributed by atoms with E-state index in [2.05, 4.69) is 16.1 Å². The Hall–Kier alpha value is -1.79. The molecule has 2 aliphatic rings. The molecule has 2 aromatic heterocycles. The molecule has 0 radical (unpaired) electrons. The Bertz CT molecular complexity index is 860. The van der Waals surface area contributed by atoms with Crippen molar-refractivity contribution in [3.63, 3.8) is 0 Å². The number of nitrogens with one attached hydrogen (secondary N) is 1. The first kappa shape index (κ1) is 12.0. The van der Waals surface area contributed by atoms with Crippen molar-refractivity contribution >= 4 is 39.5 Å². The highest BCUT2D eigenvalue weighted by atomic mass is 32.2. The maximum Gasteiger partial charge on any atom is 0.281 e. The predicted octanol–water partition coefficient (Wildman–Crippen LogP) is 1.62. The molecule has 0 aliphatic carbocycles. The van der Waals surface area contributed by atoms with Crippen molar-refractivity contribution in [2.45, 2.75) is 6.42 Å². The summed E-state index contributed by atoms with van der Waals surface area (Å²) in [7, 11) is 0. The number of aromatic amines is 1. The van der Waals surface area contributed by atoms with Crippen LogP contribution in [0.25, 0.3) is 10.5 Å². The van der Waals surface area contributed by atoms with Crippen LogP contribution in [-0.4, -0.2) is 21.8 Å². The zero-order chi connectivity index (χ0) is 13.7. The highest BCUT2D eigenvalue weighted by Gasteiger charge is 2.26. The SMILES string of the molecule is O=C1N=c2c(C3=CCCS3)c(O)[nH]c2=C1c1cccs1. The van der Waals surface area contributed by atoms with Gasteiger partial charge in [0.25, 0.3) is 5.91 Å². The van der Waals surface area contributed by atoms with Gasteiger partial charge in [0.2, 0.25) is 0 Å². The first-order chi connectivity index (χ1) is 9.75. The number of allylic oxidation sites excluding steroid dienone is 1. The number of nitrogens with zero attached hydrogens (tertiary/aromatic N) is 1. The highest BCUT2D eigenvalue weighted by Crippen LogP contribution is 2.35. The molecular formula is C14H10N2O2S2. The zero-order valence-corrected chi connectivity index (χ0v) is 12.0. The van der Waals surface area contributed by atoms with Gasteiger partial charge in [-0.25, -0.2) is 4.99 Å². The molecule has 2 aliphatic heterocycles. The largest absolute Gasteiger partial charge is 0.494 e. The van der Waals surface area contributed by atoms with Gasteiger partial charge in [-0.2, -0.15) is 0 Å². The standard InChI is InChI=1S/C14H10N2O2S2/c17-13-9(7-3-1-5-19-7)11-12(16-13)10(14(18)15-11)8-4-2-6-20-8/h1,3-5,15,18H,2,6H2. The van der Waals surface area contributed by atoms with Gasteiger partial charge in [-0.1, -0.05) is 12.1 Å². The van der Waals surface area contributed by atoms with Gasteiger partial charge in [0.05, 0.1) is 16.5 Å². The van der Waals surface area contributed by atoms with Crippen LogP contribution in [0.1, 0.15) is 16.9 Å². The monoisotopic (exact) mass is 302 g/mol. The number of thiophene rings is 1. The van der Waals surface area contributed by atoms with Crippen LogP contribution in [0.15, 0.2) is 28.6 Å². The van der Waals surface area contributed by atoms with Gasteiger partial charge >= 0.3 is 0 Å². The van der Waals surface area contributed by atoms with E-state index in [1.807, 2.05) is 17.5 Å². The maximum atomic E-state index is 12.1. The Labute approximate surface area is 122 Å². The maximum absolute atomic E-state index is 12.1. The van der Waals surface area contributed by atoms with E-state index < -0.39 is 0 Å². The Morgan fingerprint density at radius 3 is 3.00 bits per heavy atom. The number of rotatable bonds is 2. The topological polar surface area (TPSA) is 65.4 Å². The third-order valence-corrected chi connectivity index (χ3v) is 5.36. The van der Waals surface area contributed by atoms with E-state index in [4.69, 9.17) is 0 Å². The van der Waals surface area contributed by atoms with Crippen LogP contribution in [0.5, 0.6) is 5.88 Å². The van der Waals surface area contributed by atoms with Gasteiger partial charge in [0, 0.05) is 15.5 Å². The quantitative estimate of drug-likeness (QED) is 0.886. The van der Waals surface area contributed by atoms with E-state index in [1.54, 1.807) is 11.8 Å². The molecule has 0 bridgehead atoms. The summed E-state index contributed by atoms with van der Waals surface area (Å²) < 4.78 is 0. The Balaban J connectivity index is 2.04. The number of aromatic hydroxyl groups is 1. The smallest absolute Gasteiger partial charge is 0.281 e. The number of hydrogen-bond donors (Lipinski definition) is 2. The summed E-state index contributed by atoms with van der Waals surface area (Å²) in [6.07, 6.45) is 3.06. The second-order valence-electron chi connectivity index (χ2n) is 4.55. The summed E-state index contributed by atoms with van der Waals surface area (Å²) in [6.45, 7) is 0. The van der Waals surface area contributed by atoms with Crippen LogP contribution in [0.4, 0.5) is 0 Å². The number of aromatic nitrogens is 1. The normalized spacial score (nSPS) is 17.3. The molecule has 0 saturated heterocycles. The fraction of sp³-hybridized carbons (Fsp3) is 0.143. The minimum atomic E-state index is -0.237. The van der Waals surface area contributed by atoms with E-state index in [-0.39, 0.29) is 11.8 Å². The van der Waals surface area contributed by atoms with Crippen LogP contribution in [0.3, 0.4) is 0 Å². The van der Waals surface area contributed by atoms with Crippen molar-refractivity contribution < 1.29 is 9.90 Å². The molecule has 0 unspecified atom stereocenters. The number of amides is 1. The summed E-state index contributed by atoms with van der Waals surface area (Å²) in [5, 5.41) is 13.3. The van der Waals surface area contributed by atoms with Gasteiger partial charge in [-0.15, -0.1) is 23.1 Å². The molecule has 0 atom stereocenters. The number of carbonyl (C=O) groups is 1. The summed E-state index contributed by atoms with van der Waals surface area (Å²) in [6, 6.07) is 3.79. The molecule has 0 aromatic carbocycles. The third-order valence-electron chi connectivity index (χ3n) is 3.35. The third kappa shape index (κ3) is 1.61. The lowest BCUT2D eigenvalue weighted by Crippen LogP contribution is -2.23. The zero-order valence-electron chi connectivity index (χ0n) is 10.3. The number of hydrogen-bond acceptors (Lipinski definition) is 4. The van der Waals surface area contributed by atoms with Crippen molar-refractivity contribution in [2.24, 2.45) is 4.99 Å².